The molecule has 13 heavy (non-hydrogen) atoms. The summed E-state index contributed by atoms with van der Waals surface area (Å²) in [5.41, 5.74) is 0. The largest absolute Gasteiger partial charge is 0.500 e. The molecule has 0 aromatic rings. The highest BCUT2D eigenvalue weighted by molar-refractivity contribution is 6.60. The van der Waals surface area contributed by atoms with E-state index in [1.54, 1.807) is 21.3 Å². The molecule has 0 aromatic carbocycles. The Kier molecular flexibility index (Phi) is 6.99. The summed E-state index contributed by atoms with van der Waals surface area (Å²) < 4.78 is 15.8. The molecule has 0 spiro atoms. The van der Waals surface area contributed by atoms with Crippen LogP contribution < -0.4 is 0 Å². The zero-order valence-corrected chi connectivity index (χ0v) is 10.6. The van der Waals surface area contributed by atoms with Gasteiger partial charge in [0.15, 0.2) is 0 Å². The first-order chi connectivity index (χ1) is 6.14. The van der Waals surface area contributed by atoms with Crippen molar-refractivity contribution in [3.63, 3.8) is 0 Å². The molecule has 0 rings (SSSR count). The first-order valence-corrected chi connectivity index (χ1v) is 6.80. The van der Waals surface area contributed by atoms with Crippen LogP contribution in [0.25, 0.3) is 0 Å². The van der Waals surface area contributed by atoms with E-state index in [4.69, 9.17) is 24.9 Å². The predicted molar refractivity (Wildman–Crippen MR) is 56.1 cm³/mol. The van der Waals surface area contributed by atoms with Crippen molar-refractivity contribution in [2.45, 2.75) is 31.2 Å². The van der Waals surface area contributed by atoms with Gasteiger partial charge >= 0.3 is 8.80 Å². The van der Waals surface area contributed by atoms with Crippen molar-refractivity contribution in [3.8, 4) is 0 Å². The highest BCUT2D eigenvalue weighted by atomic mass is 35.5. The SMILES string of the molecule is CCC(Cl)CC[Si](OC)(OC)OC. The van der Waals surface area contributed by atoms with Gasteiger partial charge in [-0.3, -0.25) is 0 Å². The zero-order valence-electron chi connectivity index (χ0n) is 8.80. The normalized spacial score (nSPS) is 14.5. The molecule has 0 aliphatic rings. The van der Waals surface area contributed by atoms with E-state index < -0.39 is 8.80 Å². The molecule has 0 aromatic heterocycles. The van der Waals surface area contributed by atoms with Crippen LogP contribution >= 0.6 is 11.6 Å². The van der Waals surface area contributed by atoms with Crippen LogP contribution in [0.15, 0.2) is 0 Å². The molecule has 0 aliphatic carbocycles. The first kappa shape index (κ1) is 13.4. The molecule has 0 fully saturated rings. The molecule has 0 radical (unpaired) electrons. The van der Waals surface area contributed by atoms with Crippen LogP contribution in [-0.4, -0.2) is 35.5 Å². The maximum Gasteiger partial charge on any atom is 0.500 e. The Morgan fingerprint density at radius 3 is 1.92 bits per heavy atom. The summed E-state index contributed by atoms with van der Waals surface area (Å²) in [6.07, 6.45) is 1.84. The van der Waals surface area contributed by atoms with Crippen molar-refractivity contribution in [1.29, 1.82) is 0 Å². The number of halogens is 1. The van der Waals surface area contributed by atoms with Gasteiger partial charge in [-0.2, -0.15) is 0 Å². The van der Waals surface area contributed by atoms with Gasteiger partial charge in [0.05, 0.1) is 0 Å². The topological polar surface area (TPSA) is 27.7 Å². The molecular weight excluding hydrogens is 208 g/mol. The summed E-state index contributed by atoms with van der Waals surface area (Å²) in [5, 5.41) is 0.187. The number of alkyl halides is 1. The Bertz CT molecular complexity index is 122. The molecule has 0 aliphatic heterocycles. The second kappa shape index (κ2) is 6.78. The van der Waals surface area contributed by atoms with Crippen LogP contribution in [0.2, 0.25) is 6.04 Å². The standard InChI is InChI=1S/C8H19ClO3Si/c1-5-8(9)6-7-13(10-2,11-3)12-4/h8H,5-7H2,1-4H3. The van der Waals surface area contributed by atoms with E-state index in [0.717, 1.165) is 18.9 Å². The molecule has 0 N–H and O–H groups in total. The molecule has 1 unspecified atom stereocenters. The minimum Gasteiger partial charge on any atom is -0.377 e. The Morgan fingerprint density at radius 2 is 1.62 bits per heavy atom. The van der Waals surface area contributed by atoms with Crippen molar-refractivity contribution >= 4 is 20.4 Å². The van der Waals surface area contributed by atoms with E-state index in [0.29, 0.717) is 0 Å². The lowest BCUT2D eigenvalue weighted by Gasteiger charge is -2.24. The van der Waals surface area contributed by atoms with Crippen LogP contribution in [0.3, 0.4) is 0 Å². The van der Waals surface area contributed by atoms with E-state index >= 15 is 0 Å². The summed E-state index contributed by atoms with van der Waals surface area (Å²) in [5.74, 6) is 0. The van der Waals surface area contributed by atoms with Crippen molar-refractivity contribution in [1.82, 2.24) is 0 Å². The van der Waals surface area contributed by atoms with E-state index in [1.165, 1.54) is 0 Å². The van der Waals surface area contributed by atoms with Gasteiger partial charge < -0.3 is 13.3 Å². The Hall–Kier alpha value is 0.387. The molecule has 0 saturated carbocycles. The Balaban J connectivity index is 3.95. The van der Waals surface area contributed by atoms with E-state index in [1.807, 2.05) is 0 Å². The number of rotatable bonds is 7. The maximum atomic E-state index is 6.00. The van der Waals surface area contributed by atoms with E-state index in [-0.39, 0.29) is 5.38 Å². The number of hydrogen-bond acceptors (Lipinski definition) is 3. The summed E-state index contributed by atoms with van der Waals surface area (Å²) in [4.78, 5) is 0. The molecule has 80 valence electrons. The van der Waals surface area contributed by atoms with Crippen LogP contribution in [0.5, 0.6) is 0 Å². The highest BCUT2D eigenvalue weighted by Crippen LogP contribution is 2.19. The zero-order chi connectivity index (χ0) is 10.3. The third-order valence-corrected chi connectivity index (χ3v) is 5.43. The lowest BCUT2D eigenvalue weighted by Crippen LogP contribution is -2.43. The van der Waals surface area contributed by atoms with Crippen molar-refractivity contribution in [2.24, 2.45) is 0 Å². The molecule has 0 heterocycles. The van der Waals surface area contributed by atoms with Crippen molar-refractivity contribution in [3.05, 3.63) is 0 Å². The molecule has 0 amide bonds. The van der Waals surface area contributed by atoms with Gasteiger partial charge in [-0.15, -0.1) is 11.6 Å². The Labute approximate surface area is 86.7 Å². The maximum absolute atomic E-state index is 6.00. The van der Waals surface area contributed by atoms with Crippen LogP contribution in [-0.2, 0) is 13.3 Å². The fraction of sp³-hybridized carbons (Fsp3) is 1.00. The van der Waals surface area contributed by atoms with Crippen molar-refractivity contribution < 1.29 is 13.3 Å². The fourth-order valence-corrected chi connectivity index (χ4v) is 3.20. The average Bonchev–Trinajstić information content (AvgIpc) is 2.20. The minimum atomic E-state index is -2.38. The van der Waals surface area contributed by atoms with Gasteiger partial charge in [0.1, 0.15) is 0 Å². The van der Waals surface area contributed by atoms with Gasteiger partial charge in [-0.05, 0) is 12.8 Å². The molecule has 1 atom stereocenters. The van der Waals surface area contributed by atoms with Gasteiger partial charge in [-0.1, -0.05) is 6.92 Å². The Morgan fingerprint density at radius 1 is 1.15 bits per heavy atom. The molecule has 5 heteroatoms. The predicted octanol–water partition coefficient (Wildman–Crippen LogP) is 2.27. The molecular formula is C8H19ClO3Si. The van der Waals surface area contributed by atoms with Gasteiger partial charge in [0.25, 0.3) is 0 Å². The van der Waals surface area contributed by atoms with E-state index in [2.05, 4.69) is 6.92 Å². The summed E-state index contributed by atoms with van der Waals surface area (Å²) >= 11 is 6.00. The van der Waals surface area contributed by atoms with E-state index in [9.17, 15) is 0 Å². The number of hydrogen-bond donors (Lipinski definition) is 0. The lowest BCUT2D eigenvalue weighted by molar-refractivity contribution is 0.123. The average molecular weight is 227 g/mol. The molecule has 0 bridgehead atoms. The van der Waals surface area contributed by atoms with Crippen molar-refractivity contribution in [2.75, 3.05) is 21.3 Å². The first-order valence-electron chi connectivity index (χ1n) is 4.43. The summed E-state index contributed by atoms with van der Waals surface area (Å²) in [6, 6.07) is 0.776. The van der Waals surface area contributed by atoms with Gasteiger partial charge in [-0.25, -0.2) is 0 Å². The third-order valence-electron chi connectivity index (χ3n) is 2.14. The van der Waals surface area contributed by atoms with Crippen LogP contribution in [0.4, 0.5) is 0 Å². The summed E-state index contributed by atoms with van der Waals surface area (Å²) in [6.45, 7) is 2.06. The monoisotopic (exact) mass is 226 g/mol. The minimum absolute atomic E-state index is 0.187. The second-order valence-electron chi connectivity index (χ2n) is 2.84. The summed E-state index contributed by atoms with van der Waals surface area (Å²) in [7, 11) is 2.48. The lowest BCUT2D eigenvalue weighted by atomic mass is 10.3. The highest BCUT2D eigenvalue weighted by Gasteiger charge is 2.37. The second-order valence-corrected chi connectivity index (χ2v) is 6.55. The van der Waals surface area contributed by atoms with Gasteiger partial charge in [0.2, 0.25) is 0 Å². The van der Waals surface area contributed by atoms with Gasteiger partial charge in [0, 0.05) is 32.8 Å². The smallest absolute Gasteiger partial charge is 0.377 e. The fourth-order valence-electron chi connectivity index (χ4n) is 1.09. The third kappa shape index (κ3) is 4.42. The van der Waals surface area contributed by atoms with Crippen LogP contribution in [0.1, 0.15) is 19.8 Å². The molecule has 3 nitrogen and oxygen atoms in total. The molecule has 0 saturated heterocycles. The van der Waals surface area contributed by atoms with Crippen LogP contribution in [0, 0.1) is 0 Å². The quantitative estimate of drug-likeness (QED) is 0.493.